The van der Waals surface area contributed by atoms with Crippen molar-refractivity contribution in [2.75, 3.05) is 32.8 Å². The van der Waals surface area contributed by atoms with Gasteiger partial charge >= 0.3 is 5.97 Å². The zero-order valence-corrected chi connectivity index (χ0v) is 34.2. The fourth-order valence-electron chi connectivity index (χ4n) is 5.49. The molecular formula is C44H68ClNO6. The maximum atomic E-state index is 12.2. The summed E-state index contributed by atoms with van der Waals surface area (Å²) in [4.78, 5) is 25.5. The Bertz CT molecular complexity index is 1280. The Morgan fingerprint density at radius 3 is 1.46 bits per heavy atom. The van der Waals surface area contributed by atoms with Crippen LogP contribution in [-0.4, -0.2) is 66.3 Å². The van der Waals surface area contributed by atoms with Crippen LogP contribution in [0.4, 0.5) is 0 Å². The Hall–Kier alpha value is -3.13. The number of hydrogen-bond acceptors (Lipinski definition) is 7. The van der Waals surface area contributed by atoms with E-state index in [-0.39, 0.29) is 41.9 Å². The first-order chi connectivity index (χ1) is 24.8. The van der Waals surface area contributed by atoms with E-state index in [1.54, 1.807) is 12.5 Å². The highest BCUT2D eigenvalue weighted by atomic mass is 35.5. The number of ether oxygens (including phenoxy) is 3. The number of allylic oxidation sites excluding steroid dienone is 2. The molecule has 4 rings (SSSR count). The predicted octanol–water partition coefficient (Wildman–Crippen LogP) is 10.00. The van der Waals surface area contributed by atoms with Gasteiger partial charge in [0.25, 0.3) is 0 Å². The summed E-state index contributed by atoms with van der Waals surface area (Å²) in [6.45, 7) is 23.1. The van der Waals surface area contributed by atoms with Gasteiger partial charge in [-0.15, -0.1) is 0 Å². The van der Waals surface area contributed by atoms with Gasteiger partial charge in [-0.1, -0.05) is 104 Å². The standard InChI is InChI=1S/C19H26O3.C13H17ClO.C6H15N.C6H10O2/c1-14(2)12-16-7-9-17(10-8-16)15(3)19(20)22-13-18-6-4-5-11-21-18;1-9(2)8-11-4-6-12(7-5-11)10(3)13(14)15;1-4-7(5-2)6-3;7-5-6-3-1-2-4-8-6/h5,7-11,14-15,18H,4,6,12-13H2,1-3H3;4-7,9-10H,8H2,1-3H3;4-6H2,1-3H3;2,4,6-7H,1,3,5H2. The van der Waals surface area contributed by atoms with Gasteiger partial charge in [0.2, 0.25) is 5.24 Å². The Labute approximate surface area is 320 Å². The molecule has 0 saturated carbocycles. The van der Waals surface area contributed by atoms with Crippen LogP contribution in [0.15, 0.2) is 73.2 Å². The van der Waals surface area contributed by atoms with Crippen molar-refractivity contribution < 1.29 is 28.9 Å². The lowest BCUT2D eigenvalue weighted by Crippen LogP contribution is -2.24. The maximum Gasteiger partial charge on any atom is 0.313 e. The normalized spacial score (nSPS) is 17.3. The summed E-state index contributed by atoms with van der Waals surface area (Å²) in [6, 6.07) is 16.4. The van der Waals surface area contributed by atoms with Crippen LogP contribution in [0, 0.1) is 11.8 Å². The van der Waals surface area contributed by atoms with Gasteiger partial charge in [-0.05, 0) is 123 Å². The lowest BCUT2D eigenvalue weighted by atomic mass is 9.97. The van der Waals surface area contributed by atoms with Gasteiger partial charge in [0.1, 0.15) is 18.8 Å². The van der Waals surface area contributed by atoms with Crippen molar-refractivity contribution in [2.24, 2.45) is 11.8 Å². The van der Waals surface area contributed by atoms with E-state index in [9.17, 15) is 9.59 Å². The van der Waals surface area contributed by atoms with Crippen molar-refractivity contribution in [2.45, 2.75) is 125 Å². The van der Waals surface area contributed by atoms with E-state index >= 15 is 0 Å². The van der Waals surface area contributed by atoms with E-state index in [0.29, 0.717) is 18.4 Å². The van der Waals surface area contributed by atoms with E-state index in [4.69, 9.17) is 30.9 Å². The summed E-state index contributed by atoms with van der Waals surface area (Å²) in [6.07, 6.45) is 13.4. The molecule has 4 unspecified atom stereocenters. The minimum absolute atomic E-state index is 0.00503. The monoisotopic (exact) mass is 741 g/mol. The third-order valence-corrected chi connectivity index (χ3v) is 9.27. The van der Waals surface area contributed by atoms with Gasteiger partial charge in [-0.3, -0.25) is 9.59 Å². The van der Waals surface area contributed by atoms with Crippen LogP contribution < -0.4 is 0 Å². The fourth-order valence-corrected chi connectivity index (χ4v) is 5.62. The highest BCUT2D eigenvalue weighted by molar-refractivity contribution is 6.64. The zero-order valence-electron chi connectivity index (χ0n) is 33.5. The molecule has 0 aromatic heterocycles. The van der Waals surface area contributed by atoms with Crippen LogP contribution in [0.5, 0.6) is 0 Å². The van der Waals surface area contributed by atoms with Gasteiger partial charge < -0.3 is 24.2 Å². The number of carbonyl (C=O) groups excluding carboxylic acids is 2. The molecule has 1 N–H and O–H groups in total. The topological polar surface area (TPSA) is 85.3 Å². The minimum atomic E-state index is -0.299. The number of hydrogen-bond donors (Lipinski definition) is 1. The average Bonchev–Trinajstić information content (AvgIpc) is 3.15. The van der Waals surface area contributed by atoms with Crippen molar-refractivity contribution in [3.8, 4) is 0 Å². The third kappa shape index (κ3) is 20.2. The van der Waals surface area contributed by atoms with E-state index < -0.39 is 0 Å². The highest BCUT2D eigenvalue weighted by Crippen LogP contribution is 2.21. The van der Waals surface area contributed by atoms with Crippen LogP contribution in [0.1, 0.15) is 122 Å². The Kier molecular flexibility index (Phi) is 24.8. The molecule has 0 spiro atoms. The van der Waals surface area contributed by atoms with E-state index in [1.165, 1.54) is 30.8 Å². The smallest absolute Gasteiger partial charge is 0.313 e. The number of rotatable bonds is 14. The minimum Gasteiger partial charge on any atom is -0.496 e. The van der Waals surface area contributed by atoms with Crippen molar-refractivity contribution >= 4 is 22.8 Å². The molecule has 0 radical (unpaired) electrons. The molecule has 0 aliphatic carbocycles. The molecule has 2 heterocycles. The molecule has 2 aliphatic rings. The van der Waals surface area contributed by atoms with Crippen LogP contribution in [0.2, 0.25) is 0 Å². The summed E-state index contributed by atoms with van der Waals surface area (Å²) in [5.74, 6) is 0.655. The molecule has 2 aromatic rings. The molecule has 0 fully saturated rings. The predicted molar refractivity (Wildman–Crippen MR) is 216 cm³/mol. The SMILES string of the molecule is CC(C)Cc1ccc(C(C)C(=O)Cl)cc1.CC(C)Cc1ccc(C(C)C(=O)OCC2CCC=CO2)cc1.CCN(CC)CC.OCC1CCC=CO1. The molecule has 0 amide bonds. The molecule has 2 aliphatic heterocycles. The molecule has 52 heavy (non-hydrogen) atoms. The average molecular weight is 742 g/mol. The fraction of sp³-hybridized carbons (Fsp3) is 0.591. The van der Waals surface area contributed by atoms with Gasteiger partial charge in [-0.2, -0.15) is 0 Å². The molecule has 4 atom stereocenters. The van der Waals surface area contributed by atoms with Gasteiger partial charge in [0, 0.05) is 0 Å². The number of aliphatic hydroxyl groups excluding tert-OH is 1. The second-order valence-corrected chi connectivity index (χ2v) is 14.6. The summed E-state index contributed by atoms with van der Waals surface area (Å²) >= 11 is 5.45. The van der Waals surface area contributed by atoms with Crippen LogP contribution in [0.3, 0.4) is 0 Å². The van der Waals surface area contributed by atoms with Gasteiger partial charge in [0.05, 0.1) is 31.0 Å². The molecule has 7 nitrogen and oxygen atoms in total. The number of carbonyl (C=O) groups is 2. The molecule has 8 heteroatoms. The first kappa shape index (κ1) is 46.9. The largest absolute Gasteiger partial charge is 0.496 e. The maximum absolute atomic E-state index is 12.2. The number of esters is 1. The van der Waals surface area contributed by atoms with Crippen molar-refractivity contribution in [3.05, 3.63) is 95.5 Å². The van der Waals surface area contributed by atoms with E-state index in [1.807, 2.05) is 50.3 Å². The molecule has 0 bridgehead atoms. The highest BCUT2D eigenvalue weighted by Gasteiger charge is 2.20. The molecular weight excluding hydrogens is 674 g/mol. The Balaban J connectivity index is 0.000000387. The second kappa shape index (κ2) is 27.5. The lowest BCUT2D eigenvalue weighted by molar-refractivity contribution is -0.148. The summed E-state index contributed by atoms with van der Waals surface area (Å²) in [5.41, 5.74) is 4.61. The second-order valence-electron chi connectivity index (χ2n) is 14.3. The number of nitrogens with zero attached hydrogens (tertiary/aromatic N) is 1. The van der Waals surface area contributed by atoms with E-state index in [0.717, 1.165) is 49.7 Å². The Morgan fingerprint density at radius 2 is 1.15 bits per heavy atom. The number of benzene rings is 2. The zero-order chi connectivity index (χ0) is 38.9. The molecule has 292 valence electrons. The van der Waals surface area contributed by atoms with Crippen LogP contribution in [0.25, 0.3) is 0 Å². The van der Waals surface area contributed by atoms with Gasteiger partial charge in [-0.25, -0.2) is 0 Å². The van der Waals surface area contributed by atoms with Crippen molar-refractivity contribution in [1.29, 1.82) is 0 Å². The molecule has 0 saturated heterocycles. The summed E-state index contributed by atoms with van der Waals surface area (Å²) < 4.78 is 15.8. The van der Waals surface area contributed by atoms with Crippen molar-refractivity contribution in [1.82, 2.24) is 4.90 Å². The lowest BCUT2D eigenvalue weighted by Gasteiger charge is -2.20. The molecule has 2 aromatic carbocycles. The summed E-state index contributed by atoms with van der Waals surface area (Å²) in [7, 11) is 0. The van der Waals surface area contributed by atoms with E-state index in [2.05, 4.69) is 77.6 Å². The van der Waals surface area contributed by atoms with Gasteiger partial charge in [0.15, 0.2) is 0 Å². The quantitative estimate of drug-likeness (QED) is 0.152. The van der Waals surface area contributed by atoms with Crippen LogP contribution >= 0.6 is 11.6 Å². The first-order valence-corrected chi connectivity index (χ1v) is 19.7. The van der Waals surface area contributed by atoms with Crippen molar-refractivity contribution in [3.63, 3.8) is 0 Å². The first-order valence-electron chi connectivity index (χ1n) is 19.3. The Morgan fingerprint density at radius 1 is 0.731 bits per heavy atom. The number of halogens is 1. The summed E-state index contributed by atoms with van der Waals surface area (Å²) in [5, 5.41) is 8.23. The third-order valence-electron chi connectivity index (χ3n) is 8.94. The van der Waals surface area contributed by atoms with Crippen LogP contribution in [-0.2, 0) is 36.6 Å². The number of aliphatic hydroxyl groups is 1.